The average Bonchev–Trinajstić information content (AvgIpc) is 2.70. The number of benzene rings is 1. The molecule has 0 bridgehead atoms. The highest BCUT2D eigenvalue weighted by atomic mass is 16.5. The maximum absolute atomic E-state index is 5.85. The first-order valence-electron chi connectivity index (χ1n) is 6.39. The molecule has 0 amide bonds. The first-order chi connectivity index (χ1) is 9.11. The monoisotopic (exact) mass is 260 g/mol. The first-order valence-corrected chi connectivity index (χ1v) is 6.39. The molecule has 2 aromatic rings. The van der Waals surface area contributed by atoms with Gasteiger partial charge in [0.05, 0.1) is 0 Å². The zero-order valence-electron chi connectivity index (χ0n) is 11.7. The number of nitrogens with two attached hydrogens (primary N) is 1. The van der Waals surface area contributed by atoms with E-state index in [1.807, 2.05) is 30.7 Å². The van der Waals surface area contributed by atoms with Crippen molar-refractivity contribution in [3.8, 4) is 5.75 Å². The molecule has 1 heterocycles. The number of aromatic nitrogens is 3. The average molecular weight is 260 g/mol. The highest BCUT2D eigenvalue weighted by Gasteiger charge is 2.08. The van der Waals surface area contributed by atoms with Gasteiger partial charge in [-0.3, -0.25) is 0 Å². The van der Waals surface area contributed by atoms with Gasteiger partial charge in [0.15, 0.2) is 5.82 Å². The van der Waals surface area contributed by atoms with E-state index in [2.05, 4.69) is 23.2 Å². The van der Waals surface area contributed by atoms with Gasteiger partial charge in [0.25, 0.3) is 0 Å². The lowest BCUT2D eigenvalue weighted by Gasteiger charge is -2.11. The van der Waals surface area contributed by atoms with Gasteiger partial charge in [0.2, 0.25) is 0 Å². The fourth-order valence-electron chi connectivity index (χ4n) is 1.92. The molecule has 0 radical (unpaired) electrons. The number of rotatable bonds is 5. The molecule has 0 fully saturated rings. The fraction of sp³-hybridized carbons (Fsp3) is 0.429. The second-order valence-corrected chi connectivity index (χ2v) is 4.66. The summed E-state index contributed by atoms with van der Waals surface area (Å²) in [6.07, 6.45) is 0.814. The van der Waals surface area contributed by atoms with Crippen LogP contribution in [-0.2, 0) is 20.1 Å². The lowest BCUT2D eigenvalue weighted by Crippen LogP contribution is -2.08. The summed E-state index contributed by atoms with van der Waals surface area (Å²) < 4.78 is 7.77. The van der Waals surface area contributed by atoms with Crippen molar-refractivity contribution >= 4 is 0 Å². The number of ether oxygens (including phenoxy) is 1. The molecule has 0 spiro atoms. The topological polar surface area (TPSA) is 66.0 Å². The lowest BCUT2D eigenvalue weighted by molar-refractivity contribution is 0.288. The zero-order chi connectivity index (χ0) is 13.8. The van der Waals surface area contributed by atoms with Gasteiger partial charge in [0.1, 0.15) is 18.2 Å². The van der Waals surface area contributed by atoms with Crippen LogP contribution in [0.5, 0.6) is 5.75 Å². The molecular formula is C14H20N4O. The molecule has 0 aliphatic rings. The second-order valence-electron chi connectivity index (χ2n) is 4.66. The summed E-state index contributed by atoms with van der Waals surface area (Å²) in [4.78, 5) is 0. The molecule has 0 saturated heterocycles. The van der Waals surface area contributed by atoms with E-state index < -0.39 is 0 Å². The Morgan fingerprint density at radius 3 is 2.68 bits per heavy atom. The molecule has 5 nitrogen and oxygen atoms in total. The highest BCUT2D eigenvalue weighted by Crippen LogP contribution is 2.21. The van der Waals surface area contributed by atoms with Crippen LogP contribution < -0.4 is 10.5 Å². The van der Waals surface area contributed by atoms with Crippen molar-refractivity contribution in [2.24, 2.45) is 12.8 Å². The number of hydrogen-bond donors (Lipinski definition) is 1. The Hall–Kier alpha value is -1.88. The Balaban J connectivity index is 2.12. The molecule has 0 aliphatic heterocycles. The van der Waals surface area contributed by atoms with Crippen LogP contribution in [0, 0.1) is 13.8 Å². The van der Waals surface area contributed by atoms with Crippen molar-refractivity contribution in [3.05, 3.63) is 41.0 Å². The fourth-order valence-corrected chi connectivity index (χ4v) is 1.92. The van der Waals surface area contributed by atoms with Crippen molar-refractivity contribution in [1.29, 1.82) is 0 Å². The van der Waals surface area contributed by atoms with Crippen molar-refractivity contribution in [2.75, 3.05) is 6.54 Å². The van der Waals surface area contributed by atoms with E-state index in [0.29, 0.717) is 13.2 Å². The molecule has 0 aliphatic carbocycles. The van der Waals surface area contributed by atoms with Crippen LogP contribution in [0.3, 0.4) is 0 Å². The summed E-state index contributed by atoms with van der Waals surface area (Å²) in [5.41, 5.74) is 7.99. The molecule has 1 aromatic heterocycles. The van der Waals surface area contributed by atoms with Gasteiger partial charge in [-0.05, 0) is 38.4 Å². The number of hydrogen-bond acceptors (Lipinski definition) is 4. The van der Waals surface area contributed by atoms with E-state index in [1.54, 1.807) is 0 Å². The maximum Gasteiger partial charge on any atom is 0.170 e. The molecule has 5 heteroatoms. The van der Waals surface area contributed by atoms with E-state index in [1.165, 1.54) is 5.56 Å². The smallest absolute Gasteiger partial charge is 0.170 e. The van der Waals surface area contributed by atoms with E-state index in [9.17, 15) is 0 Å². The minimum atomic E-state index is 0.415. The van der Waals surface area contributed by atoms with E-state index in [4.69, 9.17) is 10.5 Å². The van der Waals surface area contributed by atoms with Crippen LogP contribution in [0.4, 0.5) is 0 Å². The minimum Gasteiger partial charge on any atom is -0.485 e. The molecule has 2 rings (SSSR count). The summed E-state index contributed by atoms with van der Waals surface area (Å²) in [6.45, 7) is 5.01. The summed E-state index contributed by atoms with van der Waals surface area (Å²) in [5, 5.41) is 8.10. The number of nitrogens with zero attached hydrogens (tertiary/aromatic N) is 3. The summed E-state index contributed by atoms with van der Waals surface area (Å²) in [6, 6.07) is 6.14. The van der Waals surface area contributed by atoms with Gasteiger partial charge in [-0.15, -0.1) is 10.2 Å². The van der Waals surface area contributed by atoms with Gasteiger partial charge in [0, 0.05) is 7.05 Å². The van der Waals surface area contributed by atoms with Crippen LogP contribution in [0.1, 0.15) is 22.8 Å². The van der Waals surface area contributed by atoms with E-state index in [-0.39, 0.29) is 0 Å². The third kappa shape index (κ3) is 3.12. The third-order valence-corrected chi connectivity index (χ3v) is 3.17. The predicted octanol–water partition coefficient (Wildman–Crippen LogP) is 1.51. The zero-order valence-corrected chi connectivity index (χ0v) is 11.7. The van der Waals surface area contributed by atoms with Crippen LogP contribution in [0.25, 0.3) is 0 Å². The molecular weight excluding hydrogens is 240 g/mol. The van der Waals surface area contributed by atoms with Crippen LogP contribution in [0.15, 0.2) is 18.2 Å². The van der Waals surface area contributed by atoms with Crippen LogP contribution in [-0.4, -0.2) is 21.3 Å². The van der Waals surface area contributed by atoms with Crippen molar-refractivity contribution in [3.63, 3.8) is 0 Å². The van der Waals surface area contributed by atoms with Crippen LogP contribution >= 0.6 is 0 Å². The van der Waals surface area contributed by atoms with Gasteiger partial charge in [-0.1, -0.05) is 17.7 Å². The Bertz CT molecular complexity index is 563. The van der Waals surface area contributed by atoms with Crippen molar-refractivity contribution < 1.29 is 4.74 Å². The second kappa shape index (κ2) is 5.84. The Labute approximate surface area is 113 Å². The molecule has 1 aromatic carbocycles. The molecule has 0 saturated carbocycles. The van der Waals surface area contributed by atoms with E-state index in [0.717, 1.165) is 29.4 Å². The Morgan fingerprint density at radius 2 is 2.05 bits per heavy atom. The predicted molar refractivity (Wildman–Crippen MR) is 74.0 cm³/mol. The summed E-state index contributed by atoms with van der Waals surface area (Å²) in [5.74, 6) is 2.57. The van der Waals surface area contributed by atoms with Gasteiger partial charge >= 0.3 is 0 Å². The SMILES string of the molecule is Cc1ccc(OCc2nnc(C)n2C)c(CCN)c1. The van der Waals surface area contributed by atoms with E-state index >= 15 is 0 Å². The maximum atomic E-state index is 5.85. The molecule has 0 unspecified atom stereocenters. The minimum absolute atomic E-state index is 0.415. The molecule has 102 valence electrons. The molecule has 0 atom stereocenters. The van der Waals surface area contributed by atoms with Gasteiger partial charge in [-0.2, -0.15) is 0 Å². The summed E-state index contributed by atoms with van der Waals surface area (Å²) >= 11 is 0. The van der Waals surface area contributed by atoms with Gasteiger partial charge < -0.3 is 15.0 Å². The largest absolute Gasteiger partial charge is 0.485 e. The van der Waals surface area contributed by atoms with Crippen molar-refractivity contribution in [1.82, 2.24) is 14.8 Å². The van der Waals surface area contributed by atoms with Crippen molar-refractivity contribution in [2.45, 2.75) is 26.9 Å². The third-order valence-electron chi connectivity index (χ3n) is 3.17. The quantitative estimate of drug-likeness (QED) is 0.885. The summed E-state index contributed by atoms with van der Waals surface area (Å²) in [7, 11) is 1.93. The lowest BCUT2D eigenvalue weighted by atomic mass is 10.1. The van der Waals surface area contributed by atoms with Gasteiger partial charge in [-0.25, -0.2) is 0 Å². The first kappa shape index (κ1) is 13.5. The normalized spacial score (nSPS) is 10.7. The number of aryl methyl sites for hydroxylation is 2. The molecule has 2 N–H and O–H groups in total. The molecule has 19 heavy (non-hydrogen) atoms. The Kier molecular flexibility index (Phi) is 4.16. The standard InChI is InChI=1S/C14H20N4O/c1-10-4-5-13(12(8-10)6-7-15)19-9-14-17-16-11(2)18(14)3/h4-5,8H,6-7,9,15H2,1-3H3. The van der Waals surface area contributed by atoms with Crippen LogP contribution in [0.2, 0.25) is 0 Å². The highest BCUT2D eigenvalue weighted by molar-refractivity contribution is 5.37. The Morgan fingerprint density at radius 1 is 1.26 bits per heavy atom.